The third-order valence-electron chi connectivity index (χ3n) is 2.80. The van der Waals surface area contributed by atoms with Crippen molar-refractivity contribution >= 4 is 0 Å². The molecule has 1 fully saturated rings. The van der Waals surface area contributed by atoms with E-state index in [1.54, 1.807) is 0 Å². The van der Waals surface area contributed by atoms with Crippen LogP contribution in [-0.2, 0) is 4.74 Å². The van der Waals surface area contributed by atoms with E-state index in [0.717, 1.165) is 32.7 Å². The van der Waals surface area contributed by atoms with Crippen molar-refractivity contribution in [3.63, 3.8) is 0 Å². The molecule has 0 radical (unpaired) electrons. The zero-order valence-electron chi connectivity index (χ0n) is 10.1. The first kappa shape index (κ1) is 12.9. The van der Waals surface area contributed by atoms with Crippen molar-refractivity contribution in [1.82, 2.24) is 4.90 Å². The molecule has 90 valence electrons. The van der Waals surface area contributed by atoms with E-state index in [9.17, 15) is 5.11 Å². The molecule has 1 saturated heterocycles. The van der Waals surface area contributed by atoms with Crippen LogP contribution in [0.4, 0.5) is 0 Å². The van der Waals surface area contributed by atoms with Crippen molar-refractivity contribution in [1.29, 1.82) is 0 Å². The van der Waals surface area contributed by atoms with Crippen molar-refractivity contribution in [2.24, 2.45) is 5.73 Å². The highest BCUT2D eigenvalue weighted by molar-refractivity contribution is 4.79. The number of rotatable bonds is 4. The van der Waals surface area contributed by atoms with Crippen molar-refractivity contribution in [2.75, 3.05) is 26.2 Å². The van der Waals surface area contributed by atoms with Crippen LogP contribution in [0.2, 0.25) is 0 Å². The Hall–Kier alpha value is -0.160. The van der Waals surface area contributed by atoms with E-state index in [1.807, 2.05) is 20.8 Å². The Kier molecular flexibility index (Phi) is 4.52. The van der Waals surface area contributed by atoms with E-state index in [2.05, 4.69) is 4.90 Å². The Morgan fingerprint density at radius 1 is 1.60 bits per heavy atom. The molecular formula is C11H24N2O2. The molecular weight excluding hydrogens is 192 g/mol. The second kappa shape index (κ2) is 5.25. The first-order chi connectivity index (χ1) is 6.88. The molecule has 2 unspecified atom stereocenters. The maximum Gasteiger partial charge on any atom is 0.0850 e. The van der Waals surface area contributed by atoms with Gasteiger partial charge in [-0.05, 0) is 27.2 Å². The lowest BCUT2D eigenvalue weighted by molar-refractivity contribution is -0.0447. The van der Waals surface area contributed by atoms with E-state index >= 15 is 0 Å². The minimum atomic E-state index is -0.581. The lowest BCUT2D eigenvalue weighted by Crippen LogP contribution is -2.50. The van der Waals surface area contributed by atoms with Crippen LogP contribution in [0.25, 0.3) is 0 Å². The fraction of sp³-hybridized carbons (Fsp3) is 1.00. The molecule has 0 spiro atoms. The molecule has 1 heterocycles. The van der Waals surface area contributed by atoms with Gasteiger partial charge in [0.1, 0.15) is 0 Å². The first-order valence-electron chi connectivity index (χ1n) is 5.70. The average molecular weight is 216 g/mol. The van der Waals surface area contributed by atoms with Gasteiger partial charge in [-0.15, -0.1) is 0 Å². The monoisotopic (exact) mass is 216 g/mol. The van der Waals surface area contributed by atoms with Gasteiger partial charge in [-0.1, -0.05) is 0 Å². The molecule has 3 N–H and O–H groups in total. The third-order valence-corrected chi connectivity index (χ3v) is 2.80. The van der Waals surface area contributed by atoms with Crippen molar-refractivity contribution in [2.45, 2.75) is 44.9 Å². The van der Waals surface area contributed by atoms with Crippen LogP contribution in [0.15, 0.2) is 0 Å². The van der Waals surface area contributed by atoms with Crippen LogP contribution in [0.5, 0.6) is 0 Å². The highest BCUT2D eigenvalue weighted by atomic mass is 16.5. The summed E-state index contributed by atoms with van der Waals surface area (Å²) in [6, 6.07) is 0.0786. The van der Waals surface area contributed by atoms with Crippen LogP contribution < -0.4 is 5.73 Å². The molecule has 2 atom stereocenters. The van der Waals surface area contributed by atoms with Crippen molar-refractivity contribution in [3.05, 3.63) is 0 Å². The van der Waals surface area contributed by atoms with Crippen LogP contribution in [0.1, 0.15) is 27.2 Å². The van der Waals surface area contributed by atoms with Gasteiger partial charge in [0, 0.05) is 25.7 Å². The fourth-order valence-electron chi connectivity index (χ4n) is 1.68. The molecule has 4 heteroatoms. The largest absolute Gasteiger partial charge is 0.390 e. The second-order valence-electron chi connectivity index (χ2n) is 5.13. The molecule has 0 aromatic heterocycles. The Morgan fingerprint density at radius 2 is 2.27 bits per heavy atom. The van der Waals surface area contributed by atoms with Gasteiger partial charge in [0.15, 0.2) is 0 Å². The molecule has 0 aromatic carbocycles. The quantitative estimate of drug-likeness (QED) is 0.704. The maximum atomic E-state index is 9.64. The van der Waals surface area contributed by atoms with Gasteiger partial charge in [0.2, 0.25) is 0 Å². The maximum absolute atomic E-state index is 9.64. The summed E-state index contributed by atoms with van der Waals surface area (Å²) in [5, 5.41) is 9.64. The van der Waals surface area contributed by atoms with Crippen LogP contribution in [-0.4, -0.2) is 54.0 Å². The number of nitrogens with zero attached hydrogens (tertiary/aromatic N) is 1. The summed E-state index contributed by atoms with van der Waals surface area (Å²) in [5.74, 6) is 0. The smallest absolute Gasteiger partial charge is 0.0850 e. The highest BCUT2D eigenvalue weighted by Gasteiger charge is 2.24. The first-order valence-corrected chi connectivity index (χ1v) is 5.70. The molecule has 0 amide bonds. The summed E-state index contributed by atoms with van der Waals surface area (Å²) in [6.45, 7) is 9.15. The minimum Gasteiger partial charge on any atom is -0.390 e. The fourth-order valence-corrected chi connectivity index (χ4v) is 1.68. The molecule has 0 bridgehead atoms. The normalized spacial score (nSPS) is 26.6. The van der Waals surface area contributed by atoms with Crippen molar-refractivity contribution < 1.29 is 9.84 Å². The summed E-state index contributed by atoms with van der Waals surface area (Å²) < 4.78 is 5.57. The molecule has 1 aliphatic heterocycles. The molecule has 0 saturated carbocycles. The second-order valence-corrected chi connectivity index (χ2v) is 5.13. The SMILES string of the molecule is CC(N)C1CN(CCC(C)(C)O)CCO1. The molecule has 4 nitrogen and oxygen atoms in total. The number of hydrogen-bond acceptors (Lipinski definition) is 4. The number of aliphatic hydroxyl groups is 1. The highest BCUT2D eigenvalue weighted by Crippen LogP contribution is 2.12. The number of morpholine rings is 1. The predicted octanol–water partition coefficient (Wildman–Crippen LogP) is 0.195. The average Bonchev–Trinajstić information content (AvgIpc) is 2.14. The van der Waals surface area contributed by atoms with Gasteiger partial charge < -0.3 is 15.6 Å². The molecule has 15 heavy (non-hydrogen) atoms. The van der Waals surface area contributed by atoms with Crippen LogP contribution >= 0.6 is 0 Å². The third kappa shape index (κ3) is 4.93. The van der Waals surface area contributed by atoms with Gasteiger partial charge in [0.05, 0.1) is 18.3 Å². The summed E-state index contributed by atoms with van der Waals surface area (Å²) in [7, 11) is 0. The Balaban J connectivity index is 2.30. The van der Waals surface area contributed by atoms with Crippen molar-refractivity contribution in [3.8, 4) is 0 Å². The van der Waals surface area contributed by atoms with E-state index in [4.69, 9.17) is 10.5 Å². The number of hydrogen-bond donors (Lipinski definition) is 2. The van der Waals surface area contributed by atoms with Gasteiger partial charge in [-0.25, -0.2) is 0 Å². The summed E-state index contributed by atoms with van der Waals surface area (Å²) in [4.78, 5) is 2.31. The summed E-state index contributed by atoms with van der Waals surface area (Å²) >= 11 is 0. The Labute approximate surface area is 92.4 Å². The zero-order valence-corrected chi connectivity index (χ0v) is 10.1. The molecule has 0 aliphatic carbocycles. The lowest BCUT2D eigenvalue weighted by Gasteiger charge is -2.35. The number of ether oxygens (including phenoxy) is 1. The molecule has 1 rings (SSSR count). The van der Waals surface area contributed by atoms with E-state index in [0.29, 0.717) is 0 Å². The Morgan fingerprint density at radius 3 is 2.80 bits per heavy atom. The Bertz CT molecular complexity index is 190. The minimum absolute atomic E-state index is 0.0786. The zero-order chi connectivity index (χ0) is 11.5. The molecule has 0 aromatic rings. The molecule has 1 aliphatic rings. The van der Waals surface area contributed by atoms with E-state index in [1.165, 1.54) is 0 Å². The topological polar surface area (TPSA) is 58.7 Å². The predicted molar refractivity (Wildman–Crippen MR) is 60.7 cm³/mol. The lowest BCUT2D eigenvalue weighted by atomic mass is 10.0. The van der Waals surface area contributed by atoms with E-state index < -0.39 is 5.60 Å². The van der Waals surface area contributed by atoms with Gasteiger partial charge in [0.25, 0.3) is 0 Å². The van der Waals surface area contributed by atoms with Crippen LogP contribution in [0.3, 0.4) is 0 Å². The summed E-state index contributed by atoms with van der Waals surface area (Å²) in [5.41, 5.74) is 5.23. The van der Waals surface area contributed by atoms with Crippen LogP contribution in [0, 0.1) is 0 Å². The van der Waals surface area contributed by atoms with Gasteiger partial charge >= 0.3 is 0 Å². The van der Waals surface area contributed by atoms with Gasteiger partial charge in [-0.3, -0.25) is 4.90 Å². The summed E-state index contributed by atoms with van der Waals surface area (Å²) in [6.07, 6.45) is 0.930. The number of nitrogens with two attached hydrogens (primary N) is 1. The van der Waals surface area contributed by atoms with Gasteiger partial charge in [-0.2, -0.15) is 0 Å². The van der Waals surface area contributed by atoms with E-state index in [-0.39, 0.29) is 12.1 Å². The standard InChI is InChI=1S/C11H24N2O2/c1-9(12)10-8-13(6-7-15-10)5-4-11(2,3)14/h9-10,14H,4-8,12H2,1-3H3.